The van der Waals surface area contributed by atoms with Crippen molar-refractivity contribution in [3.8, 4) is 5.75 Å². The summed E-state index contributed by atoms with van der Waals surface area (Å²) in [7, 11) is -2.14. The van der Waals surface area contributed by atoms with Crippen LogP contribution >= 0.6 is 0 Å². The maximum Gasteiger partial charge on any atom is 0.248 e. The zero-order chi connectivity index (χ0) is 19.3. The van der Waals surface area contributed by atoms with Gasteiger partial charge in [-0.25, -0.2) is 8.42 Å². The minimum absolute atomic E-state index is 0.135. The van der Waals surface area contributed by atoms with Gasteiger partial charge in [-0.1, -0.05) is 6.42 Å². The van der Waals surface area contributed by atoms with Gasteiger partial charge in [0.2, 0.25) is 15.9 Å². The second kappa shape index (κ2) is 8.41. The van der Waals surface area contributed by atoms with Gasteiger partial charge in [-0.15, -0.1) is 0 Å². The first-order valence-corrected chi connectivity index (χ1v) is 10.2. The van der Waals surface area contributed by atoms with Gasteiger partial charge >= 0.3 is 0 Å². The van der Waals surface area contributed by atoms with E-state index in [9.17, 15) is 13.2 Å². The third-order valence-electron chi connectivity index (χ3n) is 4.32. The zero-order valence-corrected chi connectivity index (χ0v) is 15.9. The standard InChI is InChI=1S/C19H22N2O5S/c1-25-18-9-8-16(27(23,24)21-11-3-2-4-12-21)14-17(18)20-19(22)10-7-15-6-5-13-26-15/h5-10,13-14H,2-4,11-12H2,1H3,(H,20,22)/b10-7+. The van der Waals surface area contributed by atoms with Crippen LogP contribution in [0.5, 0.6) is 5.75 Å². The molecule has 0 saturated carbocycles. The summed E-state index contributed by atoms with van der Waals surface area (Å²) in [6.45, 7) is 1.03. The third kappa shape index (κ3) is 4.58. The second-order valence-corrected chi connectivity index (χ2v) is 8.10. The second-order valence-electron chi connectivity index (χ2n) is 6.16. The maximum atomic E-state index is 12.9. The van der Waals surface area contributed by atoms with Gasteiger partial charge in [0.05, 0.1) is 24.0 Å². The number of carbonyl (C=O) groups is 1. The molecule has 0 radical (unpaired) electrons. The van der Waals surface area contributed by atoms with Crippen LogP contribution < -0.4 is 10.1 Å². The number of hydrogen-bond acceptors (Lipinski definition) is 5. The van der Waals surface area contributed by atoms with Crippen LogP contribution in [-0.4, -0.2) is 38.8 Å². The summed E-state index contributed by atoms with van der Waals surface area (Å²) < 4.78 is 37.6. The number of hydrogen-bond donors (Lipinski definition) is 1. The number of amides is 1. The Bertz CT molecular complexity index is 914. The molecule has 1 aliphatic heterocycles. The molecule has 27 heavy (non-hydrogen) atoms. The molecular formula is C19H22N2O5S. The van der Waals surface area contributed by atoms with Gasteiger partial charge in [0.25, 0.3) is 0 Å². The fourth-order valence-electron chi connectivity index (χ4n) is 2.92. The Hall–Kier alpha value is -2.58. The lowest BCUT2D eigenvalue weighted by atomic mass is 10.2. The lowest BCUT2D eigenvalue weighted by Gasteiger charge is -2.26. The average Bonchev–Trinajstić information content (AvgIpc) is 3.20. The molecule has 2 heterocycles. The van der Waals surface area contributed by atoms with Gasteiger partial charge in [-0.2, -0.15) is 4.31 Å². The van der Waals surface area contributed by atoms with Crippen LogP contribution in [0.2, 0.25) is 0 Å². The molecule has 1 amide bonds. The van der Waals surface area contributed by atoms with Gasteiger partial charge in [0.15, 0.2) is 0 Å². The quantitative estimate of drug-likeness (QED) is 0.766. The topological polar surface area (TPSA) is 88.9 Å². The van der Waals surface area contributed by atoms with Crippen LogP contribution in [0.15, 0.2) is 52.0 Å². The number of ether oxygens (including phenoxy) is 1. The predicted molar refractivity (Wildman–Crippen MR) is 102 cm³/mol. The molecule has 0 unspecified atom stereocenters. The van der Waals surface area contributed by atoms with Crippen LogP contribution in [0.25, 0.3) is 6.08 Å². The molecule has 2 aromatic rings. The normalized spacial score (nSPS) is 15.7. The summed E-state index contributed by atoms with van der Waals surface area (Å²) in [6, 6.07) is 7.91. The van der Waals surface area contributed by atoms with E-state index in [-0.39, 0.29) is 4.90 Å². The molecule has 1 fully saturated rings. The summed E-state index contributed by atoms with van der Waals surface area (Å²) in [5, 5.41) is 2.66. The van der Waals surface area contributed by atoms with Gasteiger partial charge in [0, 0.05) is 19.2 Å². The van der Waals surface area contributed by atoms with E-state index in [1.165, 1.54) is 42.0 Å². The van der Waals surface area contributed by atoms with Crippen molar-refractivity contribution in [2.24, 2.45) is 0 Å². The minimum atomic E-state index is -3.60. The number of nitrogens with one attached hydrogen (secondary N) is 1. The van der Waals surface area contributed by atoms with E-state index in [4.69, 9.17) is 9.15 Å². The molecular weight excluding hydrogens is 368 g/mol. The lowest BCUT2D eigenvalue weighted by Crippen LogP contribution is -2.35. The zero-order valence-electron chi connectivity index (χ0n) is 15.1. The molecule has 0 atom stereocenters. The smallest absolute Gasteiger partial charge is 0.248 e. The van der Waals surface area contributed by atoms with Crippen molar-refractivity contribution < 1.29 is 22.4 Å². The molecule has 7 nitrogen and oxygen atoms in total. The first-order chi connectivity index (χ1) is 13.0. The van der Waals surface area contributed by atoms with Crippen LogP contribution in [0, 0.1) is 0 Å². The van der Waals surface area contributed by atoms with Crippen molar-refractivity contribution in [2.75, 3.05) is 25.5 Å². The summed E-state index contributed by atoms with van der Waals surface area (Å²) >= 11 is 0. The van der Waals surface area contributed by atoms with E-state index in [1.807, 2.05) is 0 Å². The Morgan fingerprint density at radius 2 is 2.00 bits per heavy atom. The molecule has 1 aromatic heterocycles. The number of sulfonamides is 1. The monoisotopic (exact) mass is 390 g/mol. The van der Waals surface area contributed by atoms with Gasteiger partial charge in [-0.3, -0.25) is 4.79 Å². The molecule has 0 aliphatic carbocycles. The molecule has 1 N–H and O–H groups in total. The number of rotatable bonds is 6. The van der Waals surface area contributed by atoms with Crippen molar-refractivity contribution in [3.63, 3.8) is 0 Å². The lowest BCUT2D eigenvalue weighted by molar-refractivity contribution is -0.111. The molecule has 1 aliphatic rings. The van der Waals surface area contributed by atoms with Gasteiger partial charge in [-0.05, 0) is 49.2 Å². The fraction of sp³-hybridized carbons (Fsp3) is 0.316. The molecule has 0 bridgehead atoms. The predicted octanol–water partition coefficient (Wildman–Crippen LogP) is 3.11. The van der Waals surface area contributed by atoms with Gasteiger partial charge in [0.1, 0.15) is 11.5 Å². The highest BCUT2D eigenvalue weighted by Gasteiger charge is 2.26. The van der Waals surface area contributed by atoms with E-state index in [1.54, 1.807) is 18.2 Å². The van der Waals surface area contributed by atoms with E-state index < -0.39 is 15.9 Å². The van der Waals surface area contributed by atoms with Crippen molar-refractivity contribution >= 4 is 27.7 Å². The number of nitrogens with zero attached hydrogens (tertiary/aromatic N) is 1. The van der Waals surface area contributed by atoms with Crippen LogP contribution in [0.1, 0.15) is 25.0 Å². The number of methoxy groups -OCH3 is 1. The molecule has 8 heteroatoms. The Labute approximate surface area is 158 Å². The van der Waals surface area contributed by atoms with Crippen molar-refractivity contribution in [1.29, 1.82) is 0 Å². The first-order valence-electron chi connectivity index (χ1n) is 8.71. The molecule has 0 spiro atoms. The van der Waals surface area contributed by atoms with Crippen molar-refractivity contribution in [3.05, 3.63) is 48.4 Å². The van der Waals surface area contributed by atoms with Crippen molar-refractivity contribution in [1.82, 2.24) is 4.31 Å². The SMILES string of the molecule is COc1ccc(S(=O)(=O)N2CCCCC2)cc1NC(=O)/C=C/c1ccco1. The largest absolute Gasteiger partial charge is 0.495 e. The Morgan fingerprint density at radius 3 is 2.67 bits per heavy atom. The molecule has 144 valence electrons. The minimum Gasteiger partial charge on any atom is -0.495 e. The van der Waals surface area contributed by atoms with Crippen LogP contribution in [0.4, 0.5) is 5.69 Å². The number of carbonyl (C=O) groups excluding carboxylic acids is 1. The summed E-state index contributed by atoms with van der Waals surface area (Å²) in [5.41, 5.74) is 0.296. The molecule has 1 saturated heterocycles. The van der Waals surface area contributed by atoms with Crippen molar-refractivity contribution in [2.45, 2.75) is 24.2 Å². The first kappa shape index (κ1) is 19.2. The van der Waals surface area contributed by atoms with Gasteiger partial charge < -0.3 is 14.5 Å². The number of piperidine rings is 1. The highest BCUT2D eigenvalue weighted by atomic mass is 32.2. The number of benzene rings is 1. The maximum absolute atomic E-state index is 12.9. The molecule has 3 rings (SSSR count). The summed E-state index contributed by atoms with van der Waals surface area (Å²) in [5.74, 6) is 0.503. The Morgan fingerprint density at radius 1 is 1.22 bits per heavy atom. The van der Waals surface area contributed by atoms with E-state index in [0.29, 0.717) is 30.3 Å². The summed E-state index contributed by atoms with van der Waals surface area (Å²) in [6.07, 6.45) is 7.10. The third-order valence-corrected chi connectivity index (χ3v) is 6.22. The molecule has 1 aromatic carbocycles. The summed E-state index contributed by atoms with van der Waals surface area (Å²) in [4.78, 5) is 12.3. The Kier molecular flexibility index (Phi) is 5.98. The number of anilines is 1. The number of furan rings is 1. The average molecular weight is 390 g/mol. The fourth-order valence-corrected chi connectivity index (χ4v) is 4.46. The Balaban J connectivity index is 1.82. The van der Waals surface area contributed by atoms with Crippen LogP contribution in [0.3, 0.4) is 0 Å². The highest BCUT2D eigenvalue weighted by Crippen LogP contribution is 2.30. The van der Waals surface area contributed by atoms with E-state index in [2.05, 4.69) is 5.32 Å². The highest BCUT2D eigenvalue weighted by molar-refractivity contribution is 7.89. The van der Waals surface area contributed by atoms with E-state index >= 15 is 0 Å². The van der Waals surface area contributed by atoms with Crippen LogP contribution in [-0.2, 0) is 14.8 Å². The van der Waals surface area contributed by atoms with E-state index in [0.717, 1.165) is 19.3 Å².